The van der Waals surface area contributed by atoms with Crippen LogP contribution in [0.3, 0.4) is 0 Å². The van der Waals surface area contributed by atoms with Crippen LogP contribution in [0.4, 0.5) is 11.6 Å². The highest BCUT2D eigenvalue weighted by molar-refractivity contribution is 6.43. The molecule has 162 valence electrons. The fourth-order valence-electron chi connectivity index (χ4n) is 4.48. The summed E-state index contributed by atoms with van der Waals surface area (Å²) in [6, 6.07) is 8.34. The predicted molar refractivity (Wildman–Crippen MR) is 128 cm³/mol. The number of rotatable bonds is 4. The van der Waals surface area contributed by atoms with Gasteiger partial charge in [-0.05, 0) is 44.2 Å². The molecule has 2 aromatic heterocycles. The second-order valence-electron chi connectivity index (χ2n) is 8.53. The minimum absolute atomic E-state index is 0.433. The van der Waals surface area contributed by atoms with Gasteiger partial charge in [0.05, 0.1) is 10.0 Å². The van der Waals surface area contributed by atoms with E-state index in [-0.39, 0.29) is 0 Å². The number of aromatic nitrogens is 3. The maximum Gasteiger partial charge on any atom is 0.156 e. The fraction of sp³-hybridized carbons (Fsp3) is 0.435. The van der Waals surface area contributed by atoms with Crippen molar-refractivity contribution in [3.05, 3.63) is 40.5 Å². The largest absolute Gasteiger partial charge is 0.365 e. The third kappa shape index (κ3) is 4.29. The molecular formula is C23H26Cl2N6. The van der Waals surface area contributed by atoms with E-state index in [1.807, 2.05) is 18.3 Å². The molecular weight excluding hydrogens is 431 g/mol. The number of nitrogens with zero attached hydrogens (tertiary/aromatic N) is 5. The molecule has 1 aromatic carbocycles. The van der Waals surface area contributed by atoms with Crippen LogP contribution < -0.4 is 10.2 Å². The number of piperazine rings is 1. The molecule has 1 saturated heterocycles. The van der Waals surface area contributed by atoms with Crippen LogP contribution in [0.2, 0.25) is 10.0 Å². The van der Waals surface area contributed by atoms with Gasteiger partial charge >= 0.3 is 0 Å². The Kier molecular flexibility index (Phi) is 5.87. The number of pyridine rings is 1. The average molecular weight is 457 g/mol. The molecule has 1 aliphatic carbocycles. The maximum absolute atomic E-state index is 6.38. The first-order chi connectivity index (χ1) is 15.1. The molecule has 3 heterocycles. The Morgan fingerprint density at radius 3 is 2.32 bits per heavy atom. The van der Waals surface area contributed by atoms with Gasteiger partial charge in [0.15, 0.2) is 5.82 Å². The molecule has 3 aromatic rings. The van der Waals surface area contributed by atoms with Crippen molar-refractivity contribution in [1.82, 2.24) is 20.1 Å². The Bertz CT molecular complexity index is 1070. The van der Waals surface area contributed by atoms with Crippen LogP contribution in [-0.2, 0) is 0 Å². The zero-order chi connectivity index (χ0) is 21.4. The quantitative estimate of drug-likeness (QED) is 0.588. The summed E-state index contributed by atoms with van der Waals surface area (Å²) in [5, 5.41) is 15.6. The van der Waals surface area contributed by atoms with E-state index >= 15 is 0 Å². The first-order valence-corrected chi connectivity index (χ1v) is 11.7. The van der Waals surface area contributed by atoms with Crippen LogP contribution in [-0.4, -0.2) is 59.3 Å². The fourth-order valence-corrected chi connectivity index (χ4v) is 4.81. The predicted octanol–water partition coefficient (Wildman–Crippen LogP) is 5.10. The first kappa shape index (κ1) is 20.7. The highest BCUT2D eigenvalue weighted by Gasteiger charge is 2.20. The summed E-state index contributed by atoms with van der Waals surface area (Å²) in [7, 11) is 2.15. The van der Waals surface area contributed by atoms with Crippen molar-refractivity contribution < 1.29 is 0 Å². The summed E-state index contributed by atoms with van der Waals surface area (Å²) >= 11 is 12.7. The van der Waals surface area contributed by atoms with Gasteiger partial charge < -0.3 is 15.1 Å². The minimum Gasteiger partial charge on any atom is -0.365 e. The summed E-state index contributed by atoms with van der Waals surface area (Å²) in [4.78, 5) is 9.38. The highest BCUT2D eigenvalue weighted by atomic mass is 35.5. The molecule has 31 heavy (non-hydrogen) atoms. The Morgan fingerprint density at radius 2 is 1.65 bits per heavy atom. The van der Waals surface area contributed by atoms with Crippen molar-refractivity contribution in [3.8, 4) is 11.3 Å². The molecule has 6 nitrogen and oxygen atoms in total. The summed E-state index contributed by atoms with van der Waals surface area (Å²) in [6.07, 6.45) is 6.69. The molecule has 0 spiro atoms. The lowest BCUT2D eigenvalue weighted by atomic mass is 10.1. The zero-order valence-electron chi connectivity index (χ0n) is 17.6. The molecule has 1 aliphatic heterocycles. The van der Waals surface area contributed by atoms with Gasteiger partial charge in [-0.15, -0.1) is 10.2 Å². The lowest BCUT2D eigenvalue weighted by molar-refractivity contribution is 0.312. The number of fused-ring (bicyclic) bond motifs is 1. The normalized spacial score (nSPS) is 18.1. The third-order valence-corrected chi connectivity index (χ3v) is 7.09. The van der Waals surface area contributed by atoms with E-state index in [1.54, 1.807) is 0 Å². The molecule has 0 radical (unpaired) electrons. The molecule has 0 atom stereocenters. The van der Waals surface area contributed by atoms with E-state index in [0.29, 0.717) is 16.1 Å². The number of hydrogen-bond acceptors (Lipinski definition) is 6. The number of anilines is 2. The van der Waals surface area contributed by atoms with Crippen LogP contribution in [0.5, 0.6) is 0 Å². The van der Waals surface area contributed by atoms with Gasteiger partial charge in [-0.1, -0.05) is 36.0 Å². The van der Waals surface area contributed by atoms with Crippen molar-refractivity contribution in [2.45, 2.75) is 31.7 Å². The van der Waals surface area contributed by atoms with Crippen LogP contribution in [0.15, 0.2) is 30.5 Å². The molecule has 8 heteroatoms. The van der Waals surface area contributed by atoms with Crippen molar-refractivity contribution >= 4 is 45.6 Å². The lowest BCUT2D eigenvalue weighted by Crippen LogP contribution is -2.44. The molecule has 2 fully saturated rings. The van der Waals surface area contributed by atoms with E-state index in [4.69, 9.17) is 28.2 Å². The maximum atomic E-state index is 6.38. The zero-order valence-corrected chi connectivity index (χ0v) is 19.1. The standard InChI is InChI=1S/C23H26Cl2N6/c1-30-8-10-31(11-9-30)21-7-6-15(14-26-21)22-17-12-19(24)20(25)13-18(17)23(29-28-22)27-16-4-2-3-5-16/h6-7,12-14,16H,2-5,8-11H2,1H3,(H,27,29). The van der Waals surface area contributed by atoms with Crippen molar-refractivity contribution in [1.29, 1.82) is 0 Å². The summed E-state index contributed by atoms with van der Waals surface area (Å²) in [5.41, 5.74) is 1.68. The van der Waals surface area contributed by atoms with E-state index < -0.39 is 0 Å². The first-order valence-electron chi connectivity index (χ1n) is 10.9. The van der Waals surface area contributed by atoms with E-state index in [9.17, 15) is 0 Å². The van der Waals surface area contributed by atoms with E-state index in [0.717, 1.165) is 72.7 Å². The topological polar surface area (TPSA) is 57.2 Å². The second-order valence-corrected chi connectivity index (χ2v) is 9.34. The second kappa shape index (κ2) is 8.77. The Hall–Kier alpha value is -2.15. The SMILES string of the molecule is CN1CCN(c2ccc(-c3nnc(NC4CCCC4)c4cc(Cl)c(Cl)cc34)cn2)CC1. The van der Waals surface area contributed by atoms with Crippen molar-refractivity contribution in [2.24, 2.45) is 0 Å². The smallest absolute Gasteiger partial charge is 0.156 e. The van der Waals surface area contributed by atoms with Gasteiger partial charge in [-0.3, -0.25) is 0 Å². The molecule has 0 amide bonds. The van der Waals surface area contributed by atoms with Crippen LogP contribution in [0.1, 0.15) is 25.7 Å². The molecule has 0 bridgehead atoms. The van der Waals surface area contributed by atoms with E-state index in [2.05, 4.69) is 44.5 Å². The Balaban J connectivity index is 1.50. The third-order valence-electron chi connectivity index (χ3n) is 6.37. The molecule has 1 N–H and O–H groups in total. The van der Waals surface area contributed by atoms with Gasteiger partial charge in [-0.25, -0.2) is 4.98 Å². The monoisotopic (exact) mass is 456 g/mol. The number of nitrogens with one attached hydrogen (secondary N) is 1. The molecule has 1 saturated carbocycles. The van der Waals surface area contributed by atoms with Crippen LogP contribution >= 0.6 is 23.2 Å². The summed E-state index contributed by atoms with van der Waals surface area (Å²) in [5.74, 6) is 1.76. The number of hydrogen-bond donors (Lipinski definition) is 1. The van der Waals surface area contributed by atoms with Crippen LogP contribution in [0.25, 0.3) is 22.0 Å². The van der Waals surface area contributed by atoms with Crippen molar-refractivity contribution in [3.63, 3.8) is 0 Å². The van der Waals surface area contributed by atoms with Gasteiger partial charge in [0.1, 0.15) is 11.5 Å². The average Bonchev–Trinajstić information content (AvgIpc) is 3.29. The van der Waals surface area contributed by atoms with Crippen LogP contribution in [0, 0.1) is 0 Å². The Labute approximate surface area is 192 Å². The van der Waals surface area contributed by atoms with Gasteiger partial charge in [0, 0.05) is 54.8 Å². The van der Waals surface area contributed by atoms with Crippen molar-refractivity contribution in [2.75, 3.05) is 43.4 Å². The minimum atomic E-state index is 0.433. The van der Waals surface area contributed by atoms with Gasteiger partial charge in [0.25, 0.3) is 0 Å². The summed E-state index contributed by atoms with van der Waals surface area (Å²) in [6.45, 7) is 4.07. The molecule has 5 rings (SSSR count). The van der Waals surface area contributed by atoms with E-state index in [1.165, 1.54) is 12.8 Å². The highest BCUT2D eigenvalue weighted by Crippen LogP contribution is 2.36. The Morgan fingerprint density at radius 1 is 0.935 bits per heavy atom. The van der Waals surface area contributed by atoms with Gasteiger partial charge in [0.2, 0.25) is 0 Å². The summed E-state index contributed by atoms with van der Waals surface area (Å²) < 4.78 is 0. The molecule has 0 unspecified atom stereocenters. The number of halogens is 2. The number of likely N-dealkylation sites (N-methyl/N-ethyl adjacent to an activating group) is 1. The number of benzene rings is 1. The molecule has 2 aliphatic rings. The van der Waals surface area contributed by atoms with Gasteiger partial charge in [-0.2, -0.15) is 0 Å². The lowest BCUT2D eigenvalue weighted by Gasteiger charge is -2.33.